The number of benzene rings is 1. The molecule has 0 amide bonds. The first-order valence-corrected chi connectivity index (χ1v) is 10.8. The summed E-state index contributed by atoms with van der Waals surface area (Å²) in [5.74, 6) is 0.661. The van der Waals surface area contributed by atoms with Crippen molar-refractivity contribution in [1.82, 2.24) is 14.5 Å². The molecule has 2 aromatic heterocycles. The van der Waals surface area contributed by atoms with Gasteiger partial charge in [-0.25, -0.2) is 23.5 Å². The van der Waals surface area contributed by atoms with Gasteiger partial charge in [-0.15, -0.1) is 0 Å². The van der Waals surface area contributed by atoms with E-state index in [4.69, 9.17) is 33.3 Å². The molecule has 0 bridgehead atoms. The second kappa shape index (κ2) is 6.94. The molecule has 0 radical (unpaired) electrons. The molecule has 1 saturated heterocycles. The van der Waals surface area contributed by atoms with Gasteiger partial charge in [0.25, 0.3) is 0 Å². The zero-order chi connectivity index (χ0) is 19.2. The zero-order valence-corrected chi connectivity index (χ0v) is 16.5. The summed E-state index contributed by atoms with van der Waals surface area (Å²) in [4.78, 5) is 10.9. The van der Waals surface area contributed by atoms with E-state index in [0.717, 1.165) is 17.5 Å². The average Bonchev–Trinajstić information content (AvgIpc) is 3.28. The number of sulfonamides is 1. The maximum atomic E-state index is 11.4. The van der Waals surface area contributed by atoms with Crippen LogP contribution >= 0.6 is 23.2 Å². The number of imidazole rings is 1. The van der Waals surface area contributed by atoms with Crippen LogP contribution in [0.3, 0.4) is 0 Å². The molecule has 0 aliphatic carbocycles. The lowest BCUT2D eigenvalue weighted by Crippen LogP contribution is -2.26. The Balaban J connectivity index is 1.79. The summed E-state index contributed by atoms with van der Waals surface area (Å²) < 4.78 is 24.7. The molecule has 2 N–H and O–H groups in total. The monoisotopic (exact) mass is 425 g/mol. The Kier molecular flexibility index (Phi) is 4.75. The van der Waals surface area contributed by atoms with Crippen molar-refractivity contribution >= 4 is 49.9 Å². The van der Waals surface area contributed by atoms with Crippen LogP contribution in [0.4, 0.5) is 5.82 Å². The van der Waals surface area contributed by atoms with Crippen molar-refractivity contribution in [3.8, 4) is 5.69 Å². The molecule has 10 heteroatoms. The smallest absolute Gasteiger partial charge is 0.209 e. The van der Waals surface area contributed by atoms with Gasteiger partial charge in [-0.1, -0.05) is 23.2 Å². The summed E-state index contributed by atoms with van der Waals surface area (Å²) in [6.07, 6.45) is 5.98. The van der Waals surface area contributed by atoms with E-state index in [0.29, 0.717) is 34.5 Å². The highest BCUT2D eigenvalue weighted by Gasteiger charge is 2.27. The van der Waals surface area contributed by atoms with Crippen LogP contribution in [0.25, 0.3) is 16.6 Å². The number of aromatic nitrogens is 3. The quantitative estimate of drug-likeness (QED) is 0.693. The SMILES string of the molecule is NS(=O)(=O)CC1CCN(c2cc(-n3ccnc3)c3ccc(Cl)c(Cl)c3n2)C1. The molecule has 1 unspecified atom stereocenters. The highest BCUT2D eigenvalue weighted by Crippen LogP contribution is 2.35. The van der Waals surface area contributed by atoms with Crippen LogP contribution < -0.4 is 10.0 Å². The van der Waals surface area contributed by atoms with Crippen LogP contribution in [0.2, 0.25) is 10.0 Å². The highest BCUT2D eigenvalue weighted by molar-refractivity contribution is 7.89. The van der Waals surface area contributed by atoms with E-state index in [2.05, 4.69) is 4.98 Å². The normalized spacial score (nSPS) is 17.7. The van der Waals surface area contributed by atoms with E-state index in [1.165, 1.54) is 0 Å². The van der Waals surface area contributed by atoms with Crippen molar-refractivity contribution in [2.24, 2.45) is 11.1 Å². The van der Waals surface area contributed by atoms with Crippen LogP contribution in [-0.4, -0.2) is 41.8 Å². The highest BCUT2D eigenvalue weighted by atomic mass is 35.5. The van der Waals surface area contributed by atoms with Crippen molar-refractivity contribution < 1.29 is 8.42 Å². The van der Waals surface area contributed by atoms with Gasteiger partial charge in [0.15, 0.2) is 0 Å². The number of nitrogens with two attached hydrogens (primary N) is 1. The molecule has 1 aromatic carbocycles. The van der Waals surface area contributed by atoms with Gasteiger partial charge < -0.3 is 9.47 Å². The fourth-order valence-corrected chi connectivity index (χ4v) is 4.77. The molecule has 0 saturated carbocycles. The lowest BCUT2D eigenvalue weighted by atomic mass is 10.1. The summed E-state index contributed by atoms with van der Waals surface area (Å²) in [7, 11) is -3.50. The standard InChI is InChI=1S/C17H17Cl2N5O2S/c18-13-2-1-12-14(24-6-4-21-10-24)7-15(22-17(12)16(13)19)23-5-3-11(8-23)9-27(20,25)26/h1-2,4,6-7,10-11H,3,5,8-9H2,(H2,20,25,26). The van der Waals surface area contributed by atoms with Gasteiger partial charge in [0.1, 0.15) is 5.82 Å². The van der Waals surface area contributed by atoms with E-state index in [-0.39, 0.29) is 11.7 Å². The second-order valence-corrected chi connectivity index (χ2v) is 9.10. The third-order valence-electron chi connectivity index (χ3n) is 4.70. The molecule has 1 fully saturated rings. The molecule has 27 heavy (non-hydrogen) atoms. The minimum absolute atomic E-state index is 0.0241. The van der Waals surface area contributed by atoms with E-state index >= 15 is 0 Å². The van der Waals surface area contributed by atoms with Gasteiger partial charge in [-0.05, 0) is 24.5 Å². The first kappa shape index (κ1) is 18.5. The Morgan fingerprint density at radius 2 is 2.11 bits per heavy atom. The summed E-state index contributed by atoms with van der Waals surface area (Å²) in [6.45, 7) is 1.26. The number of fused-ring (bicyclic) bond motifs is 1. The molecule has 1 aliphatic heterocycles. The van der Waals surface area contributed by atoms with Gasteiger partial charge >= 0.3 is 0 Å². The number of rotatable bonds is 4. The molecular weight excluding hydrogens is 409 g/mol. The maximum Gasteiger partial charge on any atom is 0.209 e. The Morgan fingerprint density at radius 1 is 1.30 bits per heavy atom. The van der Waals surface area contributed by atoms with Gasteiger partial charge in [-0.3, -0.25) is 0 Å². The number of halogens is 2. The minimum Gasteiger partial charge on any atom is -0.356 e. The summed E-state index contributed by atoms with van der Waals surface area (Å²) in [5.41, 5.74) is 1.47. The number of hydrogen-bond acceptors (Lipinski definition) is 5. The van der Waals surface area contributed by atoms with Crippen LogP contribution in [0, 0.1) is 5.92 Å². The second-order valence-electron chi connectivity index (χ2n) is 6.66. The molecule has 3 heterocycles. The molecule has 4 rings (SSSR count). The topological polar surface area (TPSA) is 94.1 Å². The Bertz CT molecular complexity index is 1100. The Hall–Kier alpha value is -1.87. The summed E-state index contributed by atoms with van der Waals surface area (Å²) >= 11 is 12.6. The lowest BCUT2D eigenvalue weighted by Gasteiger charge is -2.20. The van der Waals surface area contributed by atoms with Crippen LogP contribution in [0.5, 0.6) is 0 Å². The predicted octanol–water partition coefficient (Wildman–Crippen LogP) is 2.84. The zero-order valence-electron chi connectivity index (χ0n) is 14.2. The average molecular weight is 426 g/mol. The van der Waals surface area contributed by atoms with Gasteiger partial charge in [0.05, 0.1) is 33.3 Å². The summed E-state index contributed by atoms with van der Waals surface area (Å²) in [5, 5.41) is 6.86. The fourth-order valence-electron chi connectivity index (χ4n) is 3.49. The summed E-state index contributed by atoms with van der Waals surface area (Å²) in [6, 6.07) is 5.57. The van der Waals surface area contributed by atoms with Crippen molar-refractivity contribution in [2.75, 3.05) is 23.7 Å². The number of pyridine rings is 1. The van der Waals surface area contributed by atoms with Crippen molar-refractivity contribution in [2.45, 2.75) is 6.42 Å². The number of primary sulfonamides is 1. The van der Waals surface area contributed by atoms with Crippen LogP contribution in [-0.2, 0) is 10.0 Å². The van der Waals surface area contributed by atoms with E-state index < -0.39 is 10.0 Å². The first-order valence-electron chi connectivity index (χ1n) is 8.34. The number of hydrogen-bond donors (Lipinski definition) is 1. The number of anilines is 1. The molecule has 1 atom stereocenters. The third-order valence-corrected chi connectivity index (χ3v) is 6.43. The van der Waals surface area contributed by atoms with Crippen LogP contribution in [0.15, 0.2) is 36.9 Å². The molecule has 1 aliphatic rings. The lowest BCUT2D eigenvalue weighted by molar-refractivity contribution is 0.573. The van der Waals surface area contributed by atoms with E-state index in [1.54, 1.807) is 18.6 Å². The molecule has 3 aromatic rings. The van der Waals surface area contributed by atoms with E-state index in [1.807, 2.05) is 27.8 Å². The maximum absolute atomic E-state index is 11.4. The number of nitrogens with zero attached hydrogens (tertiary/aromatic N) is 4. The minimum atomic E-state index is -3.50. The Labute approximate surface area is 166 Å². The predicted molar refractivity (Wildman–Crippen MR) is 107 cm³/mol. The fraction of sp³-hybridized carbons (Fsp3) is 0.294. The van der Waals surface area contributed by atoms with Crippen molar-refractivity contribution in [3.63, 3.8) is 0 Å². The van der Waals surface area contributed by atoms with Crippen molar-refractivity contribution in [1.29, 1.82) is 0 Å². The van der Waals surface area contributed by atoms with Crippen LogP contribution in [0.1, 0.15) is 6.42 Å². The molecule has 7 nitrogen and oxygen atoms in total. The van der Waals surface area contributed by atoms with Gasteiger partial charge in [0.2, 0.25) is 10.0 Å². The largest absolute Gasteiger partial charge is 0.356 e. The van der Waals surface area contributed by atoms with Crippen molar-refractivity contribution in [3.05, 3.63) is 47.0 Å². The van der Waals surface area contributed by atoms with Gasteiger partial charge in [0, 0.05) is 36.9 Å². The Morgan fingerprint density at radius 3 is 2.81 bits per heavy atom. The first-order chi connectivity index (χ1) is 12.8. The van der Waals surface area contributed by atoms with Gasteiger partial charge in [-0.2, -0.15) is 0 Å². The molecular formula is C17H17Cl2N5O2S. The van der Waals surface area contributed by atoms with E-state index in [9.17, 15) is 8.42 Å². The third kappa shape index (κ3) is 3.75. The molecule has 0 spiro atoms. The molecule has 142 valence electrons.